The van der Waals surface area contributed by atoms with Crippen molar-refractivity contribution in [2.75, 3.05) is 12.0 Å². The number of anilines is 1. The van der Waals surface area contributed by atoms with E-state index in [1.165, 1.54) is 60.1 Å². The van der Waals surface area contributed by atoms with Gasteiger partial charge in [-0.25, -0.2) is 0 Å². The monoisotopic (exact) mass is 414 g/mol. The summed E-state index contributed by atoms with van der Waals surface area (Å²) in [6, 6.07) is 11.8. The Balaban J connectivity index is 1.28. The number of carbonyl (C=O) groups excluding carboxylic acids is 2. The number of nitrogens with one attached hydrogen (secondary N) is 1. The molecular weight excluding hydrogens is 384 g/mol. The molecule has 2 amide bonds. The molecule has 1 heterocycles. The van der Waals surface area contributed by atoms with Gasteiger partial charge in [-0.3, -0.25) is 14.5 Å². The second-order valence-electron chi connectivity index (χ2n) is 10.6. The summed E-state index contributed by atoms with van der Waals surface area (Å²) in [5.74, 6) is 2.30. The zero-order valence-corrected chi connectivity index (χ0v) is 18.4. The molecule has 4 heteroatoms. The molecule has 0 saturated heterocycles. The highest BCUT2D eigenvalue weighted by Crippen LogP contribution is 2.61. The van der Waals surface area contributed by atoms with Crippen LogP contribution >= 0.6 is 0 Å². The molecule has 7 rings (SSSR count). The van der Waals surface area contributed by atoms with E-state index in [0.29, 0.717) is 16.5 Å². The summed E-state index contributed by atoms with van der Waals surface area (Å²) < 4.78 is 0. The van der Waals surface area contributed by atoms with Gasteiger partial charge in [0.15, 0.2) is 0 Å². The van der Waals surface area contributed by atoms with Crippen LogP contribution in [0.5, 0.6) is 0 Å². The summed E-state index contributed by atoms with van der Waals surface area (Å²) in [6.45, 7) is 4.52. The molecule has 0 radical (unpaired) electrons. The van der Waals surface area contributed by atoms with Crippen LogP contribution in [0, 0.1) is 31.6 Å². The first kappa shape index (κ1) is 19.1. The van der Waals surface area contributed by atoms with Crippen LogP contribution in [0.15, 0.2) is 36.4 Å². The molecule has 0 aromatic heterocycles. The number of nitrogens with zero attached hydrogens (tertiary/aromatic N) is 1. The van der Waals surface area contributed by atoms with Gasteiger partial charge in [0.25, 0.3) is 11.8 Å². The van der Waals surface area contributed by atoms with Gasteiger partial charge in [0, 0.05) is 5.69 Å². The van der Waals surface area contributed by atoms with Crippen LogP contribution in [0.2, 0.25) is 0 Å². The van der Waals surface area contributed by atoms with Gasteiger partial charge in [0.1, 0.15) is 0 Å². The Labute approximate surface area is 184 Å². The van der Waals surface area contributed by atoms with Gasteiger partial charge in [-0.05, 0) is 110 Å². The van der Waals surface area contributed by atoms with Crippen LogP contribution in [0.1, 0.15) is 75.9 Å². The molecule has 1 aliphatic heterocycles. The largest absolute Gasteiger partial charge is 0.367 e. The first-order valence-corrected chi connectivity index (χ1v) is 11.7. The highest BCUT2D eigenvalue weighted by molar-refractivity contribution is 6.21. The lowest BCUT2D eigenvalue weighted by Gasteiger charge is -2.57. The van der Waals surface area contributed by atoms with Gasteiger partial charge >= 0.3 is 0 Å². The van der Waals surface area contributed by atoms with Gasteiger partial charge in [-0.15, -0.1) is 0 Å². The van der Waals surface area contributed by atoms with Crippen LogP contribution in [0.4, 0.5) is 5.69 Å². The molecule has 0 spiro atoms. The quantitative estimate of drug-likeness (QED) is 0.678. The third kappa shape index (κ3) is 2.87. The van der Waals surface area contributed by atoms with E-state index in [2.05, 4.69) is 31.3 Å². The second-order valence-corrected chi connectivity index (χ2v) is 10.6. The maximum atomic E-state index is 12.7. The predicted octanol–water partition coefficient (Wildman–Crippen LogP) is 5.44. The van der Waals surface area contributed by atoms with Crippen molar-refractivity contribution < 1.29 is 9.59 Å². The lowest BCUT2D eigenvalue weighted by atomic mass is 9.48. The average Bonchev–Trinajstić information content (AvgIpc) is 2.98. The average molecular weight is 415 g/mol. The third-order valence-electron chi connectivity index (χ3n) is 8.62. The Morgan fingerprint density at radius 3 is 2.00 bits per heavy atom. The van der Waals surface area contributed by atoms with Crippen LogP contribution in [0.25, 0.3) is 0 Å². The molecule has 4 nitrogen and oxygen atoms in total. The Morgan fingerprint density at radius 2 is 1.45 bits per heavy atom. The Bertz CT molecular complexity index is 1030. The predicted molar refractivity (Wildman–Crippen MR) is 121 cm³/mol. The van der Waals surface area contributed by atoms with E-state index in [0.717, 1.165) is 23.4 Å². The summed E-state index contributed by atoms with van der Waals surface area (Å²) in [5.41, 5.74) is 6.36. The van der Waals surface area contributed by atoms with Gasteiger partial charge in [-0.2, -0.15) is 0 Å². The number of carbonyl (C=O) groups is 2. The van der Waals surface area contributed by atoms with E-state index in [9.17, 15) is 9.59 Å². The summed E-state index contributed by atoms with van der Waals surface area (Å²) in [7, 11) is 0. The SMILES string of the molecule is Cc1cc(C23CC4CC(CC(C4)C2)C3)cc(NCN2C(=O)c3ccccc3C2=O)c1C. The number of amides is 2. The van der Waals surface area contributed by atoms with Gasteiger partial charge in [0.2, 0.25) is 0 Å². The van der Waals surface area contributed by atoms with Crippen LogP contribution < -0.4 is 5.32 Å². The summed E-state index contributed by atoms with van der Waals surface area (Å²) >= 11 is 0. The molecule has 4 saturated carbocycles. The van der Waals surface area contributed by atoms with Crippen LogP contribution in [0.3, 0.4) is 0 Å². The normalized spacial score (nSPS) is 30.8. The molecule has 0 unspecified atom stereocenters. The van der Waals surface area contributed by atoms with E-state index in [1.54, 1.807) is 12.1 Å². The van der Waals surface area contributed by atoms with Gasteiger partial charge < -0.3 is 5.32 Å². The van der Waals surface area contributed by atoms with E-state index in [1.807, 2.05) is 12.1 Å². The molecule has 5 aliphatic rings. The van der Waals surface area contributed by atoms with E-state index in [4.69, 9.17) is 0 Å². The van der Waals surface area contributed by atoms with Crippen molar-refractivity contribution in [3.63, 3.8) is 0 Å². The minimum Gasteiger partial charge on any atom is -0.367 e. The fourth-order valence-corrected chi connectivity index (χ4v) is 7.36. The van der Waals surface area contributed by atoms with Crippen molar-refractivity contribution in [2.45, 2.75) is 57.8 Å². The van der Waals surface area contributed by atoms with Crippen LogP contribution in [-0.2, 0) is 5.41 Å². The Kier molecular flexibility index (Phi) is 4.12. The smallest absolute Gasteiger partial charge is 0.263 e. The molecule has 4 fully saturated rings. The summed E-state index contributed by atoms with van der Waals surface area (Å²) in [5, 5.41) is 3.45. The van der Waals surface area contributed by atoms with Crippen molar-refractivity contribution in [2.24, 2.45) is 17.8 Å². The molecule has 4 aliphatic carbocycles. The number of benzene rings is 2. The van der Waals surface area contributed by atoms with Crippen molar-refractivity contribution in [1.82, 2.24) is 4.90 Å². The lowest BCUT2D eigenvalue weighted by Crippen LogP contribution is -2.48. The molecular formula is C27H30N2O2. The van der Waals surface area contributed by atoms with Crippen LogP contribution in [-0.4, -0.2) is 23.4 Å². The molecule has 2 aromatic rings. The fourth-order valence-electron chi connectivity index (χ4n) is 7.36. The number of aryl methyl sites for hydroxylation is 1. The van der Waals surface area contributed by atoms with Gasteiger partial charge in [0.05, 0.1) is 17.8 Å². The highest BCUT2D eigenvalue weighted by Gasteiger charge is 2.51. The molecule has 160 valence electrons. The maximum Gasteiger partial charge on any atom is 0.263 e. The Morgan fingerprint density at radius 1 is 0.903 bits per heavy atom. The summed E-state index contributed by atoms with van der Waals surface area (Å²) in [6.07, 6.45) is 8.32. The molecule has 2 aromatic carbocycles. The number of imide groups is 1. The van der Waals surface area contributed by atoms with Crippen molar-refractivity contribution in [1.29, 1.82) is 0 Å². The molecule has 0 atom stereocenters. The van der Waals surface area contributed by atoms with Crippen molar-refractivity contribution in [3.05, 3.63) is 64.2 Å². The Hall–Kier alpha value is -2.62. The minimum absolute atomic E-state index is 0.205. The number of fused-ring (bicyclic) bond motifs is 1. The molecule has 4 bridgehead atoms. The highest BCUT2D eigenvalue weighted by atomic mass is 16.2. The zero-order chi connectivity index (χ0) is 21.3. The third-order valence-corrected chi connectivity index (χ3v) is 8.62. The molecule has 31 heavy (non-hydrogen) atoms. The number of hydrogen-bond donors (Lipinski definition) is 1. The van der Waals surface area contributed by atoms with E-state index >= 15 is 0 Å². The zero-order valence-electron chi connectivity index (χ0n) is 18.4. The van der Waals surface area contributed by atoms with E-state index < -0.39 is 0 Å². The van der Waals surface area contributed by atoms with Gasteiger partial charge in [-0.1, -0.05) is 18.2 Å². The van der Waals surface area contributed by atoms with E-state index in [-0.39, 0.29) is 18.5 Å². The number of hydrogen-bond acceptors (Lipinski definition) is 3. The second kappa shape index (κ2) is 6.69. The first-order valence-electron chi connectivity index (χ1n) is 11.7. The molecule has 1 N–H and O–H groups in total. The standard InChI is InChI=1S/C27H30N2O2/c1-16-7-21(27-12-18-8-19(13-27)10-20(9-18)14-27)11-24(17(16)2)28-15-29-25(30)22-5-3-4-6-23(22)26(29)31/h3-7,11,18-20,28H,8-10,12-15H2,1-2H3. The van der Waals surface area contributed by atoms with Crippen molar-refractivity contribution in [3.8, 4) is 0 Å². The maximum absolute atomic E-state index is 12.7. The minimum atomic E-state index is -0.209. The topological polar surface area (TPSA) is 49.4 Å². The lowest BCUT2D eigenvalue weighted by molar-refractivity contribution is -0.00519. The first-order chi connectivity index (χ1) is 14.9. The fraction of sp³-hybridized carbons (Fsp3) is 0.481. The number of rotatable bonds is 4. The summed E-state index contributed by atoms with van der Waals surface area (Å²) in [4.78, 5) is 26.8. The van der Waals surface area contributed by atoms with Crippen molar-refractivity contribution >= 4 is 17.5 Å².